The molecule has 0 spiro atoms. The zero-order valence-corrected chi connectivity index (χ0v) is 9.07. The number of hydrogen-bond donors (Lipinski definition) is 3. The summed E-state index contributed by atoms with van der Waals surface area (Å²) < 4.78 is 0. The minimum Gasteiger partial charge on any atom is -0.480 e. The zero-order chi connectivity index (χ0) is 13.7. The Morgan fingerprint density at radius 1 is 1.44 bits per heavy atom. The van der Waals surface area contributed by atoms with Crippen LogP contribution in [0, 0.1) is 10.1 Å². The Balaban J connectivity index is 2.87. The van der Waals surface area contributed by atoms with Crippen molar-refractivity contribution in [3.05, 3.63) is 39.9 Å². The molecule has 0 heterocycles. The van der Waals surface area contributed by atoms with E-state index in [0.717, 1.165) is 6.07 Å². The summed E-state index contributed by atoms with van der Waals surface area (Å²) in [6.45, 7) is -0.768. The first-order valence-corrected chi connectivity index (χ1v) is 4.84. The van der Waals surface area contributed by atoms with Crippen LogP contribution in [0.25, 0.3) is 0 Å². The first-order chi connectivity index (χ1) is 8.45. The number of nitrogens with zero attached hydrogens (tertiary/aromatic N) is 1. The highest BCUT2D eigenvalue weighted by atomic mass is 16.6. The summed E-state index contributed by atoms with van der Waals surface area (Å²) in [5.74, 6) is -2.20. The lowest BCUT2D eigenvalue weighted by atomic mass is 10.1. The molecular formula is C10H10N2O6. The third-order valence-corrected chi connectivity index (χ3v) is 2.11. The average Bonchev–Trinajstić information content (AvgIpc) is 2.35. The van der Waals surface area contributed by atoms with E-state index in [0.29, 0.717) is 0 Å². The maximum atomic E-state index is 11.6. The maximum absolute atomic E-state index is 11.6. The highest BCUT2D eigenvalue weighted by molar-refractivity contribution is 5.97. The van der Waals surface area contributed by atoms with Gasteiger partial charge in [-0.2, -0.15) is 0 Å². The topological polar surface area (TPSA) is 130 Å². The van der Waals surface area contributed by atoms with Crippen LogP contribution in [0.1, 0.15) is 10.4 Å². The van der Waals surface area contributed by atoms with E-state index in [9.17, 15) is 19.7 Å². The number of amides is 1. The highest BCUT2D eigenvalue weighted by Crippen LogP contribution is 2.12. The van der Waals surface area contributed by atoms with E-state index in [2.05, 4.69) is 0 Å². The normalized spacial score (nSPS) is 11.6. The molecule has 1 atom stereocenters. The molecule has 1 aromatic carbocycles. The van der Waals surface area contributed by atoms with E-state index in [-0.39, 0.29) is 11.3 Å². The first-order valence-electron chi connectivity index (χ1n) is 4.84. The number of carbonyl (C=O) groups excluding carboxylic acids is 1. The van der Waals surface area contributed by atoms with Crippen molar-refractivity contribution in [1.29, 1.82) is 0 Å². The number of rotatable bonds is 5. The largest absolute Gasteiger partial charge is 0.480 e. The summed E-state index contributed by atoms with van der Waals surface area (Å²) in [6.07, 6.45) is 0. The van der Waals surface area contributed by atoms with Crippen molar-refractivity contribution in [1.82, 2.24) is 5.32 Å². The Morgan fingerprint density at radius 2 is 2.11 bits per heavy atom. The minimum atomic E-state index is -1.45. The second kappa shape index (κ2) is 5.73. The molecule has 0 bridgehead atoms. The molecule has 1 amide bonds. The van der Waals surface area contributed by atoms with Gasteiger partial charge in [0.15, 0.2) is 6.04 Å². The number of carboxylic acids is 1. The highest BCUT2D eigenvalue weighted by Gasteiger charge is 2.20. The molecule has 96 valence electrons. The number of non-ortho nitro benzene ring substituents is 1. The van der Waals surface area contributed by atoms with Gasteiger partial charge in [0.1, 0.15) is 0 Å². The summed E-state index contributed by atoms with van der Waals surface area (Å²) >= 11 is 0. The molecule has 0 saturated heterocycles. The van der Waals surface area contributed by atoms with Gasteiger partial charge in [0.2, 0.25) is 0 Å². The minimum absolute atomic E-state index is 0.0519. The van der Waals surface area contributed by atoms with Crippen LogP contribution >= 0.6 is 0 Å². The molecule has 0 saturated carbocycles. The number of aliphatic carboxylic acids is 1. The molecule has 3 N–H and O–H groups in total. The molecule has 0 aromatic heterocycles. The SMILES string of the molecule is O=C(N[C@H](CO)C(=O)O)c1cccc([N+](=O)[O-])c1. The van der Waals surface area contributed by atoms with E-state index in [4.69, 9.17) is 10.2 Å². The fraction of sp³-hybridized carbons (Fsp3) is 0.200. The number of nitro groups is 1. The molecule has 1 aromatic rings. The molecule has 1 rings (SSSR count). The number of nitrogens with one attached hydrogen (secondary N) is 1. The maximum Gasteiger partial charge on any atom is 0.328 e. The fourth-order valence-corrected chi connectivity index (χ4v) is 1.19. The standard InChI is InChI=1S/C10H10N2O6/c13-5-8(10(15)16)11-9(14)6-2-1-3-7(4-6)12(17)18/h1-4,8,13H,5H2,(H,11,14)(H,15,16)/t8-/m1/s1. The summed E-state index contributed by atoms with van der Waals surface area (Å²) in [7, 11) is 0. The summed E-state index contributed by atoms with van der Waals surface area (Å²) in [5, 5.41) is 29.9. The molecule has 0 aliphatic heterocycles. The average molecular weight is 254 g/mol. The van der Waals surface area contributed by atoms with Gasteiger partial charge >= 0.3 is 5.97 Å². The Labute approximate surface area is 101 Å². The van der Waals surface area contributed by atoms with Crippen LogP contribution in [0.2, 0.25) is 0 Å². The van der Waals surface area contributed by atoms with E-state index in [1.54, 1.807) is 0 Å². The number of benzene rings is 1. The molecular weight excluding hydrogens is 244 g/mol. The number of hydrogen-bond acceptors (Lipinski definition) is 5. The molecule has 0 aliphatic rings. The number of aliphatic hydroxyl groups excluding tert-OH is 1. The number of aliphatic hydroxyl groups is 1. The van der Waals surface area contributed by atoms with Crippen molar-refractivity contribution < 1.29 is 24.7 Å². The van der Waals surface area contributed by atoms with Crippen molar-refractivity contribution in [2.75, 3.05) is 6.61 Å². The molecule has 0 aliphatic carbocycles. The Hall–Kier alpha value is -2.48. The zero-order valence-electron chi connectivity index (χ0n) is 9.07. The summed E-state index contributed by atoms with van der Waals surface area (Å²) in [4.78, 5) is 32.0. The van der Waals surface area contributed by atoms with Gasteiger partial charge in [-0.3, -0.25) is 14.9 Å². The van der Waals surface area contributed by atoms with Crippen LogP contribution in [0.3, 0.4) is 0 Å². The van der Waals surface area contributed by atoms with Gasteiger partial charge in [-0.05, 0) is 6.07 Å². The monoisotopic (exact) mass is 254 g/mol. The molecule has 0 radical (unpaired) electrons. The smallest absolute Gasteiger partial charge is 0.328 e. The van der Waals surface area contributed by atoms with Crippen molar-refractivity contribution in [2.45, 2.75) is 6.04 Å². The van der Waals surface area contributed by atoms with Gasteiger partial charge in [0.05, 0.1) is 11.5 Å². The van der Waals surface area contributed by atoms with Gasteiger partial charge in [0.25, 0.3) is 11.6 Å². The summed E-state index contributed by atoms with van der Waals surface area (Å²) in [5.41, 5.74) is -0.331. The third kappa shape index (κ3) is 3.25. The second-order valence-electron chi connectivity index (χ2n) is 3.35. The molecule has 0 unspecified atom stereocenters. The van der Waals surface area contributed by atoms with Crippen molar-refractivity contribution in [3.63, 3.8) is 0 Å². The van der Waals surface area contributed by atoms with Gasteiger partial charge in [-0.25, -0.2) is 4.79 Å². The van der Waals surface area contributed by atoms with E-state index < -0.39 is 29.4 Å². The van der Waals surface area contributed by atoms with Crippen LogP contribution < -0.4 is 5.32 Å². The number of carboxylic acid groups (broad SMARTS) is 1. The van der Waals surface area contributed by atoms with Crippen LogP contribution in [0.4, 0.5) is 5.69 Å². The number of nitro benzene ring substituents is 1. The molecule has 18 heavy (non-hydrogen) atoms. The predicted molar refractivity (Wildman–Crippen MR) is 59.1 cm³/mol. The molecule has 8 nitrogen and oxygen atoms in total. The Morgan fingerprint density at radius 3 is 2.61 bits per heavy atom. The fourth-order valence-electron chi connectivity index (χ4n) is 1.19. The first kappa shape index (κ1) is 13.6. The van der Waals surface area contributed by atoms with Crippen LogP contribution in [0.15, 0.2) is 24.3 Å². The number of carbonyl (C=O) groups is 2. The van der Waals surface area contributed by atoms with Gasteiger partial charge in [0, 0.05) is 17.7 Å². The van der Waals surface area contributed by atoms with Crippen molar-refractivity contribution in [2.24, 2.45) is 0 Å². The lowest BCUT2D eigenvalue weighted by Gasteiger charge is -2.11. The third-order valence-electron chi connectivity index (χ3n) is 2.11. The lowest BCUT2D eigenvalue weighted by Crippen LogP contribution is -2.43. The van der Waals surface area contributed by atoms with Crippen LogP contribution in [-0.4, -0.2) is 39.7 Å². The molecule has 0 fully saturated rings. The van der Waals surface area contributed by atoms with Gasteiger partial charge in [-0.1, -0.05) is 6.07 Å². The quantitative estimate of drug-likeness (QED) is 0.491. The van der Waals surface area contributed by atoms with Crippen molar-refractivity contribution >= 4 is 17.6 Å². The van der Waals surface area contributed by atoms with Crippen LogP contribution in [0.5, 0.6) is 0 Å². The van der Waals surface area contributed by atoms with E-state index >= 15 is 0 Å². The predicted octanol–water partition coefficient (Wildman–Crippen LogP) is -0.230. The lowest BCUT2D eigenvalue weighted by molar-refractivity contribution is -0.384. The second-order valence-corrected chi connectivity index (χ2v) is 3.35. The Kier molecular flexibility index (Phi) is 4.33. The Bertz CT molecular complexity index is 487. The van der Waals surface area contributed by atoms with Gasteiger partial charge in [-0.15, -0.1) is 0 Å². The van der Waals surface area contributed by atoms with E-state index in [1.165, 1.54) is 18.2 Å². The van der Waals surface area contributed by atoms with E-state index in [1.807, 2.05) is 5.32 Å². The van der Waals surface area contributed by atoms with Crippen LogP contribution in [-0.2, 0) is 4.79 Å². The molecule has 8 heteroatoms. The van der Waals surface area contributed by atoms with Gasteiger partial charge < -0.3 is 15.5 Å². The van der Waals surface area contributed by atoms with Crippen molar-refractivity contribution in [3.8, 4) is 0 Å². The summed E-state index contributed by atoms with van der Waals surface area (Å²) in [6, 6.07) is 3.39.